The zero-order valence-electron chi connectivity index (χ0n) is 14.3. The van der Waals surface area contributed by atoms with Crippen LogP contribution in [0.25, 0.3) is 17.3 Å². The Hall–Kier alpha value is -3.14. The number of nitrogens with zero attached hydrogens (tertiary/aromatic N) is 2. The van der Waals surface area contributed by atoms with Crippen LogP contribution in [0.3, 0.4) is 0 Å². The van der Waals surface area contributed by atoms with Gasteiger partial charge in [-0.1, -0.05) is 37.3 Å². The number of fused-ring (bicyclic) bond motifs is 1. The Labute approximate surface area is 146 Å². The van der Waals surface area contributed by atoms with Crippen molar-refractivity contribution in [1.29, 1.82) is 0 Å². The number of rotatable bonds is 3. The third-order valence-electron chi connectivity index (χ3n) is 4.58. The number of benzene rings is 2. The fourth-order valence-corrected chi connectivity index (χ4v) is 3.10. The summed E-state index contributed by atoms with van der Waals surface area (Å²) in [7, 11) is 0. The molecule has 2 heterocycles. The summed E-state index contributed by atoms with van der Waals surface area (Å²) < 4.78 is 1.60. The molecule has 4 heteroatoms. The number of hydrogen-bond donors (Lipinski definition) is 1. The SMILES string of the molecule is CCc1ccc(-n2[nH]c(C)c(/C=C3\C=Nc4ccccc43)c2=O)cc1. The van der Waals surface area contributed by atoms with Crippen LogP contribution in [0.5, 0.6) is 0 Å². The number of hydrogen-bond acceptors (Lipinski definition) is 2. The zero-order valence-corrected chi connectivity index (χ0v) is 14.3. The summed E-state index contributed by atoms with van der Waals surface area (Å²) in [6.45, 7) is 4.04. The van der Waals surface area contributed by atoms with E-state index in [9.17, 15) is 4.79 Å². The van der Waals surface area contributed by atoms with Crippen molar-refractivity contribution in [3.63, 3.8) is 0 Å². The summed E-state index contributed by atoms with van der Waals surface area (Å²) in [5, 5.41) is 3.18. The predicted molar refractivity (Wildman–Crippen MR) is 103 cm³/mol. The number of aryl methyl sites for hydroxylation is 2. The van der Waals surface area contributed by atoms with E-state index in [1.165, 1.54) is 5.56 Å². The molecular weight excluding hydrogens is 310 g/mol. The van der Waals surface area contributed by atoms with Gasteiger partial charge in [0, 0.05) is 23.0 Å². The molecule has 2 aromatic carbocycles. The maximum atomic E-state index is 12.9. The monoisotopic (exact) mass is 329 g/mol. The molecule has 0 atom stereocenters. The lowest BCUT2D eigenvalue weighted by molar-refractivity contribution is 0.834. The molecule has 25 heavy (non-hydrogen) atoms. The van der Waals surface area contributed by atoms with Crippen LogP contribution < -0.4 is 5.56 Å². The second-order valence-electron chi connectivity index (χ2n) is 6.19. The predicted octanol–water partition coefficient (Wildman–Crippen LogP) is 4.29. The van der Waals surface area contributed by atoms with Crippen molar-refractivity contribution in [3.05, 3.63) is 81.3 Å². The third-order valence-corrected chi connectivity index (χ3v) is 4.58. The molecule has 124 valence electrons. The van der Waals surface area contributed by atoms with Gasteiger partial charge in [0.05, 0.1) is 16.9 Å². The van der Waals surface area contributed by atoms with Crippen LogP contribution in [0.2, 0.25) is 0 Å². The highest BCUT2D eigenvalue weighted by Gasteiger charge is 2.15. The molecule has 4 nitrogen and oxygen atoms in total. The van der Waals surface area contributed by atoms with Crippen LogP contribution >= 0.6 is 0 Å². The van der Waals surface area contributed by atoms with Gasteiger partial charge in [-0.15, -0.1) is 0 Å². The van der Waals surface area contributed by atoms with Crippen LogP contribution in [0.15, 0.2) is 58.3 Å². The average molecular weight is 329 g/mol. The Morgan fingerprint density at radius 3 is 2.64 bits per heavy atom. The Bertz CT molecular complexity index is 1050. The summed E-state index contributed by atoms with van der Waals surface area (Å²) in [6, 6.07) is 16.0. The first-order valence-electron chi connectivity index (χ1n) is 8.43. The van der Waals surface area contributed by atoms with E-state index < -0.39 is 0 Å². The van der Waals surface area contributed by atoms with Gasteiger partial charge in [0.25, 0.3) is 5.56 Å². The minimum absolute atomic E-state index is 0.0490. The number of allylic oxidation sites excluding steroid dienone is 1. The van der Waals surface area contributed by atoms with Crippen molar-refractivity contribution in [1.82, 2.24) is 9.78 Å². The number of aromatic nitrogens is 2. The van der Waals surface area contributed by atoms with Gasteiger partial charge >= 0.3 is 0 Å². The molecule has 4 rings (SSSR count). The highest BCUT2D eigenvalue weighted by molar-refractivity contribution is 6.21. The van der Waals surface area contributed by atoms with Crippen LogP contribution in [0, 0.1) is 6.92 Å². The number of para-hydroxylation sites is 1. The van der Waals surface area contributed by atoms with E-state index >= 15 is 0 Å². The highest BCUT2D eigenvalue weighted by Crippen LogP contribution is 2.32. The second-order valence-corrected chi connectivity index (χ2v) is 6.19. The molecule has 0 fully saturated rings. The van der Waals surface area contributed by atoms with Crippen molar-refractivity contribution in [2.45, 2.75) is 20.3 Å². The first kappa shape index (κ1) is 15.4. The molecule has 1 aromatic heterocycles. The molecular formula is C21H19N3O. The highest BCUT2D eigenvalue weighted by atomic mass is 16.1. The van der Waals surface area contributed by atoms with Crippen molar-refractivity contribution in [3.8, 4) is 5.69 Å². The smallest absolute Gasteiger partial charge is 0.278 e. The molecule has 0 aliphatic carbocycles. The Morgan fingerprint density at radius 2 is 1.88 bits per heavy atom. The summed E-state index contributed by atoms with van der Waals surface area (Å²) in [4.78, 5) is 17.3. The minimum atomic E-state index is -0.0490. The van der Waals surface area contributed by atoms with Gasteiger partial charge in [0.15, 0.2) is 0 Å². The molecule has 0 radical (unpaired) electrons. The maximum Gasteiger partial charge on any atom is 0.278 e. The number of aliphatic imine (C=N–C) groups is 1. The fourth-order valence-electron chi connectivity index (χ4n) is 3.10. The summed E-state index contributed by atoms with van der Waals surface area (Å²) in [5.41, 5.74) is 6.51. The lowest BCUT2D eigenvalue weighted by Gasteiger charge is -2.02. The fraction of sp³-hybridized carbons (Fsp3) is 0.143. The van der Waals surface area contributed by atoms with E-state index in [-0.39, 0.29) is 5.56 Å². The lowest BCUT2D eigenvalue weighted by Crippen LogP contribution is -2.16. The van der Waals surface area contributed by atoms with Crippen LogP contribution in [0.1, 0.15) is 29.3 Å². The standard InChI is InChI=1S/C21H19N3O/c1-3-15-8-10-17(11-9-15)24-21(25)19(14(2)23-24)12-16-13-22-20-7-5-4-6-18(16)20/h4-13,23H,3H2,1-2H3/b16-12+. The number of nitrogens with one attached hydrogen (secondary N) is 1. The Balaban J connectivity index is 1.78. The van der Waals surface area contributed by atoms with Gasteiger partial charge in [-0.2, -0.15) is 0 Å². The number of aromatic amines is 1. The van der Waals surface area contributed by atoms with Crippen molar-refractivity contribution in [2.75, 3.05) is 0 Å². The molecule has 1 N–H and O–H groups in total. The van der Waals surface area contributed by atoms with Gasteiger partial charge < -0.3 is 0 Å². The molecule has 0 bridgehead atoms. The lowest BCUT2D eigenvalue weighted by atomic mass is 10.0. The Kier molecular flexibility index (Phi) is 3.73. The van der Waals surface area contributed by atoms with E-state index in [0.29, 0.717) is 5.56 Å². The van der Waals surface area contributed by atoms with Crippen LogP contribution in [-0.4, -0.2) is 16.0 Å². The first-order valence-corrected chi connectivity index (χ1v) is 8.43. The molecule has 0 amide bonds. The topological polar surface area (TPSA) is 50.1 Å². The van der Waals surface area contributed by atoms with E-state index in [1.54, 1.807) is 4.68 Å². The van der Waals surface area contributed by atoms with E-state index in [0.717, 1.165) is 34.6 Å². The normalized spacial score (nSPS) is 14.2. The largest absolute Gasteiger partial charge is 0.295 e. The molecule has 0 saturated heterocycles. The van der Waals surface area contributed by atoms with Gasteiger partial charge in [0.2, 0.25) is 0 Å². The van der Waals surface area contributed by atoms with Crippen LogP contribution in [-0.2, 0) is 6.42 Å². The third kappa shape index (κ3) is 2.66. The van der Waals surface area contributed by atoms with Gasteiger partial charge in [0.1, 0.15) is 0 Å². The van der Waals surface area contributed by atoms with Gasteiger partial charge in [-0.3, -0.25) is 14.9 Å². The van der Waals surface area contributed by atoms with Crippen molar-refractivity contribution >= 4 is 23.6 Å². The van der Waals surface area contributed by atoms with E-state index in [4.69, 9.17) is 0 Å². The molecule has 0 unspecified atom stereocenters. The van der Waals surface area contributed by atoms with E-state index in [1.807, 2.05) is 55.6 Å². The van der Waals surface area contributed by atoms with E-state index in [2.05, 4.69) is 29.1 Å². The first-order chi connectivity index (χ1) is 12.2. The molecule has 0 saturated carbocycles. The van der Waals surface area contributed by atoms with Crippen LogP contribution in [0.4, 0.5) is 5.69 Å². The van der Waals surface area contributed by atoms with Gasteiger partial charge in [-0.25, -0.2) is 4.68 Å². The molecule has 1 aliphatic rings. The van der Waals surface area contributed by atoms with Gasteiger partial charge in [-0.05, 0) is 43.2 Å². The zero-order chi connectivity index (χ0) is 17.4. The van der Waals surface area contributed by atoms with Crippen molar-refractivity contribution < 1.29 is 0 Å². The maximum absolute atomic E-state index is 12.9. The second kappa shape index (κ2) is 6.06. The average Bonchev–Trinajstić information content (AvgIpc) is 3.18. The summed E-state index contributed by atoms with van der Waals surface area (Å²) in [6.07, 6.45) is 4.71. The summed E-state index contributed by atoms with van der Waals surface area (Å²) in [5.74, 6) is 0. The summed E-state index contributed by atoms with van der Waals surface area (Å²) >= 11 is 0. The minimum Gasteiger partial charge on any atom is -0.295 e. The molecule has 3 aromatic rings. The Morgan fingerprint density at radius 1 is 1.12 bits per heavy atom. The molecule has 1 aliphatic heterocycles. The molecule has 0 spiro atoms. The number of H-pyrrole nitrogens is 1. The van der Waals surface area contributed by atoms with Crippen molar-refractivity contribution in [2.24, 2.45) is 4.99 Å². The quantitative estimate of drug-likeness (QED) is 0.765.